The fraction of sp³-hybridized carbons (Fsp3) is 0.615. The molecule has 3 nitrogen and oxygen atoms in total. The summed E-state index contributed by atoms with van der Waals surface area (Å²) in [7, 11) is 1.98. The third-order valence-corrected chi connectivity index (χ3v) is 3.57. The molecule has 0 aliphatic rings. The SMILES string of the molecule is CC(c1cccs1)N(C)CC(=O)NC(C)(C)C. The number of carbonyl (C=O) groups is 1. The van der Waals surface area contributed by atoms with Crippen LogP contribution in [0.5, 0.6) is 0 Å². The molecule has 1 N–H and O–H groups in total. The summed E-state index contributed by atoms with van der Waals surface area (Å²) >= 11 is 1.73. The van der Waals surface area contributed by atoms with Crippen molar-refractivity contribution in [2.75, 3.05) is 13.6 Å². The van der Waals surface area contributed by atoms with Crippen LogP contribution in [-0.4, -0.2) is 29.9 Å². The zero-order valence-corrected chi connectivity index (χ0v) is 12.1. The van der Waals surface area contributed by atoms with E-state index in [2.05, 4.69) is 28.6 Å². The van der Waals surface area contributed by atoms with Crippen molar-refractivity contribution in [1.29, 1.82) is 0 Å². The molecule has 1 aromatic rings. The van der Waals surface area contributed by atoms with E-state index >= 15 is 0 Å². The number of nitrogens with zero attached hydrogens (tertiary/aromatic N) is 1. The molecule has 0 saturated heterocycles. The van der Waals surface area contributed by atoms with Crippen LogP contribution in [0.3, 0.4) is 0 Å². The van der Waals surface area contributed by atoms with Crippen LogP contribution in [0.1, 0.15) is 38.6 Å². The van der Waals surface area contributed by atoms with E-state index in [4.69, 9.17) is 0 Å². The lowest BCUT2D eigenvalue weighted by molar-refractivity contribution is -0.123. The Balaban J connectivity index is 2.49. The van der Waals surface area contributed by atoms with Crippen molar-refractivity contribution < 1.29 is 4.79 Å². The molecule has 1 atom stereocenters. The Labute approximate surface area is 108 Å². The first kappa shape index (κ1) is 14.2. The Morgan fingerprint density at radius 2 is 2.18 bits per heavy atom. The lowest BCUT2D eigenvalue weighted by atomic mass is 10.1. The quantitative estimate of drug-likeness (QED) is 0.896. The van der Waals surface area contributed by atoms with Crippen LogP contribution in [0.15, 0.2) is 17.5 Å². The molecule has 0 spiro atoms. The second kappa shape index (κ2) is 5.65. The zero-order chi connectivity index (χ0) is 13.1. The van der Waals surface area contributed by atoms with Gasteiger partial charge in [-0.1, -0.05) is 6.07 Å². The smallest absolute Gasteiger partial charge is 0.234 e. The average molecular weight is 254 g/mol. The van der Waals surface area contributed by atoms with Crippen LogP contribution < -0.4 is 5.32 Å². The first-order valence-corrected chi connectivity index (χ1v) is 6.72. The van der Waals surface area contributed by atoms with Crippen LogP contribution >= 0.6 is 11.3 Å². The van der Waals surface area contributed by atoms with Gasteiger partial charge in [-0.2, -0.15) is 0 Å². The molecule has 1 amide bonds. The Hall–Kier alpha value is -0.870. The Morgan fingerprint density at radius 3 is 2.65 bits per heavy atom. The molecule has 1 heterocycles. The summed E-state index contributed by atoms with van der Waals surface area (Å²) in [5.74, 6) is 0.0726. The summed E-state index contributed by atoms with van der Waals surface area (Å²) in [5.41, 5.74) is -0.163. The monoisotopic (exact) mass is 254 g/mol. The number of rotatable bonds is 4. The number of thiophene rings is 1. The topological polar surface area (TPSA) is 32.3 Å². The van der Waals surface area contributed by atoms with Crippen LogP contribution in [-0.2, 0) is 4.79 Å². The number of carbonyl (C=O) groups excluding carboxylic acids is 1. The van der Waals surface area contributed by atoms with Gasteiger partial charge in [-0.15, -0.1) is 11.3 Å². The highest BCUT2D eigenvalue weighted by Crippen LogP contribution is 2.22. The fourth-order valence-corrected chi connectivity index (χ4v) is 2.42. The molecule has 1 aromatic heterocycles. The summed E-state index contributed by atoms with van der Waals surface area (Å²) in [4.78, 5) is 15.1. The predicted molar refractivity (Wildman–Crippen MR) is 73.3 cm³/mol. The Kier molecular flexibility index (Phi) is 4.71. The number of hydrogen-bond donors (Lipinski definition) is 1. The maximum atomic E-state index is 11.8. The molecule has 0 radical (unpaired) electrons. The summed E-state index contributed by atoms with van der Waals surface area (Å²) in [6.07, 6.45) is 0. The molecule has 1 rings (SSSR count). The fourth-order valence-electron chi connectivity index (χ4n) is 1.57. The normalized spacial score (nSPS) is 13.8. The first-order valence-electron chi connectivity index (χ1n) is 5.84. The molecule has 0 aliphatic heterocycles. The van der Waals surface area contributed by atoms with E-state index in [1.165, 1.54) is 4.88 Å². The zero-order valence-electron chi connectivity index (χ0n) is 11.3. The third kappa shape index (κ3) is 4.88. The van der Waals surface area contributed by atoms with Crippen LogP contribution in [0.2, 0.25) is 0 Å². The lowest BCUT2D eigenvalue weighted by Gasteiger charge is -2.26. The van der Waals surface area contributed by atoms with E-state index < -0.39 is 0 Å². The molecule has 0 bridgehead atoms. The van der Waals surface area contributed by atoms with Crippen LogP contribution in [0.25, 0.3) is 0 Å². The molecule has 1 unspecified atom stereocenters. The van der Waals surface area contributed by atoms with Gasteiger partial charge in [-0.25, -0.2) is 0 Å². The maximum absolute atomic E-state index is 11.8. The lowest BCUT2D eigenvalue weighted by Crippen LogP contribution is -2.45. The summed E-state index contributed by atoms with van der Waals surface area (Å²) in [6.45, 7) is 8.53. The Bertz CT molecular complexity index is 354. The van der Waals surface area contributed by atoms with E-state index in [9.17, 15) is 4.79 Å². The van der Waals surface area contributed by atoms with Crippen molar-refractivity contribution in [3.8, 4) is 0 Å². The molecular formula is C13H22N2OS. The van der Waals surface area contributed by atoms with Crippen LogP contribution in [0, 0.1) is 0 Å². The van der Waals surface area contributed by atoms with Gasteiger partial charge in [-0.3, -0.25) is 9.69 Å². The minimum absolute atomic E-state index is 0.0726. The van der Waals surface area contributed by atoms with Gasteiger partial charge in [0.15, 0.2) is 0 Å². The van der Waals surface area contributed by atoms with Gasteiger partial charge < -0.3 is 5.32 Å². The maximum Gasteiger partial charge on any atom is 0.234 e. The number of hydrogen-bond acceptors (Lipinski definition) is 3. The largest absolute Gasteiger partial charge is 0.350 e. The predicted octanol–water partition coefficient (Wildman–Crippen LogP) is 2.66. The summed E-state index contributed by atoms with van der Waals surface area (Å²) in [6, 6.07) is 4.42. The highest BCUT2D eigenvalue weighted by molar-refractivity contribution is 7.10. The van der Waals surface area contributed by atoms with E-state index in [1.54, 1.807) is 11.3 Å². The number of likely N-dealkylation sites (N-methyl/N-ethyl adjacent to an activating group) is 1. The van der Waals surface area contributed by atoms with Gasteiger partial charge >= 0.3 is 0 Å². The number of nitrogens with one attached hydrogen (secondary N) is 1. The second-order valence-electron chi connectivity index (χ2n) is 5.40. The van der Waals surface area contributed by atoms with Crippen molar-refractivity contribution in [2.45, 2.75) is 39.3 Å². The minimum Gasteiger partial charge on any atom is -0.350 e. The molecule has 0 aliphatic carbocycles. The molecule has 4 heteroatoms. The van der Waals surface area contributed by atoms with E-state index in [0.717, 1.165) is 0 Å². The van der Waals surface area contributed by atoms with Crippen molar-refractivity contribution in [3.05, 3.63) is 22.4 Å². The molecule has 96 valence electrons. The third-order valence-electron chi connectivity index (χ3n) is 2.52. The first-order chi connectivity index (χ1) is 7.79. The van der Waals surface area contributed by atoms with Crippen molar-refractivity contribution in [3.63, 3.8) is 0 Å². The van der Waals surface area contributed by atoms with Gasteiger partial charge in [-0.05, 0) is 46.2 Å². The number of amides is 1. The molecule has 0 saturated carbocycles. The molecular weight excluding hydrogens is 232 g/mol. The highest BCUT2D eigenvalue weighted by Gasteiger charge is 2.18. The van der Waals surface area contributed by atoms with Gasteiger partial charge in [0.2, 0.25) is 5.91 Å². The Morgan fingerprint density at radius 1 is 1.53 bits per heavy atom. The standard InChI is InChI=1S/C13H22N2OS/c1-10(11-7-6-8-17-11)15(5)9-12(16)14-13(2,3)4/h6-8,10H,9H2,1-5H3,(H,14,16). The van der Waals surface area contributed by atoms with Gasteiger partial charge in [0.1, 0.15) is 0 Å². The molecule has 0 aromatic carbocycles. The average Bonchev–Trinajstić information content (AvgIpc) is 2.65. The summed E-state index contributed by atoms with van der Waals surface area (Å²) < 4.78 is 0. The van der Waals surface area contributed by atoms with E-state index in [0.29, 0.717) is 6.54 Å². The van der Waals surface area contributed by atoms with E-state index in [-0.39, 0.29) is 17.5 Å². The van der Waals surface area contributed by atoms with Gasteiger partial charge in [0.25, 0.3) is 0 Å². The van der Waals surface area contributed by atoms with Crippen molar-refractivity contribution in [1.82, 2.24) is 10.2 Å². The van der Waals surface area contributed by atoms with Crippen molar-refractivity contribution in [2.24, 2.45) is 0 Å². The second-order valence-corrected chi connectivity index (χ2v) is 6.38. The summed E-state index contributed by atoms with van der Waals surface area (Å²) in [5, 5.41) is 5.04. The van der Waals surface area contributed by atoms with E-state index in [1.807, 2.05) is 33.9 Å². The van der Waals surface area contributed by atoms with Crippen molar-refractivity contribution >= 4 is 17.2 Å². The minimum atomic E-state index is -0.163. The van der Waals surface area contributed by atoms with Gasteiger partial charge in [0, 0.05) is 16.5 Å². The highest BCUT2D eigenvalue weighted by atomic mass is 32.1. The molecule has 0 fully saturated rings. The van der Waals surface area contributed by atoms with Gasteiger partial charge in [0.05, 0.1) is 6.54 Å². The molecule has 17 heavy (non-hydrogen) atoms. The van der Waals surface area contributed by atoms with Crippen LogP contribution in [0.4, 0.5) is 0 Å².